The van der Waals surface area contributed by atoms with Crippen LogP contribution >= 0.6 is 23.2 Å². The van der Waals surface area contributed by atoms with Crippen molar-refractivity contribution in [2.45, 2.75) is 39.3 Å². The maximum Gasteiger partial charge on any atom is 0.242 e. The second-order valence-corrected chi connectivity index (χ2v) is 7.30. The van der Waals surface area contributed by atoms with Gasteiger partial charge in [-0.15, -0.1) is 0 Å². The van der Waals surface area contributed by atoms with Crippen LogP contribution in [0.2, 0.25) is 10.0 Å². The smallest absolute Gasteiger partial charge is 0.242 e. The van der Waals surface area contributed by atoms with Gasteiger partial charge in [-0.25, -0.2) is 0 Å². The predicted molar refractivity (Wildman–Crippen MR) is 96.1 cm³/mol. The van der Waals surface area contributed by atoms with Crippen LogP contribution in [0.15, 0.2) is 12.1 Å². The number of hydrogen-bond donors (Lipinski definition) is 2. The molecule has 1 aliphatic rings. The van der Waals surface area contributed by atoms with Crippen LogP contribution in [-0.2, 0) is 16.0 Å². The number of benzene rings is 1. The maximum absolute atomic E-state index is 12.5. The van der Waals surface area contributed by atoms with Gasteiger partial charge in [0.05, 0.1) is 18.6 Å². The number of nitrogens with one attached hydrogen (secondary N) is 1. The Labute approximate surface area is 152 Å². The van der Waals surface area contributed by atoms with Gasteiger partial charge >= 0.3 is 0 Å². The van der Waals surface area contributed by atoms with E-state index in [2.05, 4.69) is 5.32 Å². The molecule has 132 valence electrons. The Bertz CT molecular complexity index is 649. The molecule has 0 fully saturated rings. The van der Waals surface area contributed by atoms with Gasteiger partial charge in [0.25, 0.3) is 0 Å². The van der Waals surface area contributed by atoms with Gasteiger partial charge < -0.3 is 16.0 Å². The molecule has 0 aliphatic carbocycles. The fraction of sp³-hybridized carbons (Fsp3) is 0.529. The minimum Gasteiger partial charge on any atom is -0.346 e. The first-order chi connectivity index (χ1) is 11.2. The Balaban J connectivity index is 2.05. The number of nitrogens with two attached hydrogens (primary N) is 1. The van der Waals surface area contributed by atoms with Gasteiger partial charge in [0.1, 0.15) is 0 Å². The van der Waals surface area contributed by atoms with Crippen LogP contribution in [0, 0.1) is 5.92 Å². The van der Waals surface area contributed by atoms with Crippen LogP contribution in [-0.4, -0.2) is 35.8 Å². The summed E-state index contributed by atoms with van der Waals surface area (Å²) in [5.74, 6) is -0.443. The van der Waals surface area contributed by atoms with Crippen molar-refractivity contribution in [3.63, 3.8) is 0 Å². The van der Waals surface area contributed by atoms with Gasteiger partial charge in [-0.1, -0.05) is 37.0 Å². The summed E-state index contributed by atoms with van der Waals surface area (Å²) in [6, 6.07) is 2.80. The molecule has 2 amide bonds. The van der Waals surface area contributed by atoms with Gasteiger partial charge in [0.15, 0.2) is 0 Å². The minimum absolute atomic E-state index is 0.0180. The lowest BCUT2D eigenvalue weighted by atomic mass is 9.93. The van der Waals surface area contributed by atoms with Crippen molar-refractivity contribution in [1.82, 2.24) is 10.2 Å². The highest BCUT2D eigenvalue weighted by molar-refractivity contribution is 6.35. The second kappa shape index (κ2) is 7.72. The van der Waals surface area contributed by atoms with E-state index in [0.29, 0.717) is 23.0 Å². The molecule has 1 unspecified atom stereocenters. The van der Waals surface area contributed by atoms with E-state index in [9.17, 15) is 9.59 Å². The van der Waals surface area contributed by atoms with E-state index in [0.717, 1.165) is 11.1 Å². The first-order valence-corrected chi connectivity index (χ1v) is 8.78. The largest absolute Gasteiger partial charge is 0.346 e. The van der Waals surface area contributed by atoms with Crippen LogP contribution in [0.1, 0.15) is 37.9 Å². The number of hydrogen-bond acceptors (Lipinski definition) is 3. The Morgan fingerprint density at radius 2 is 2.04 bits per heavy atom. The highest BCUT2D eigenvalue weighted by Gasteiger charge is 2.30. The normalized spacial score (nSPS) is 18.3. The zero-order valence-corrected chi connectivity index (χ0v) is 15.6. The van der Waals surface area contributed by atoms with E-state index in [-0.39, 0.29) is 30.3 Å². The number of carbonyl (C=O) groups excluding carboxylic acids is 2. The number of fused-ring (bicyclic) bond motifs is 1. The van der Waals surface area contributed by atoms with Crippen LogP contribution in [0.25, 0.3) is 0 Å². The first kappa shape index (κ1) is 19.0. The number of amides is 2. The lowest BCUT2D eigenvalue weighted by molar-refractivity contribution is -0.135. The third-order valence-electron chi connectivity index (χ3n) is 4.44. The van der Waals surface area contributed by atoms with E-state index in [1.807, 2.05) is 26.8 Å². The highest BCUT2D eigenvalue weighted by Crippen LogP contribution is 2.36. The lowest BCUT2D eigenvalue weighted by Crippen LogP contribution is -2.49. The first-order valence-electron chi connectivity index (χ1n) is 8.03. The monoisotopic (exact) mass is 371 g/mol. The van der Waals surface area contributed by atoms with Crippen molar-refractivity contribution in [3.8, 4) is 0 Å². The van der Waals surface area contributed by atoms with Gasteiger partial charge in [0.2, 0.25) is 11.8 Å². The van der Waals surface area contributed by atoms with E-state index >= 15 is 0 Å². The molecule has 0 aromatic heterocycles. The van der Waals surface area contributed by atoms with Crippen LogP contribution in [0.4, 0.5) is 0 Å². The van der Waals surface area contributed by atoms with Gasteiger partial charge in [0, 0.05) is 16.6 Å². The van der Waals surface area contributed by atoms with Gasteiger partial charge in [-0.3, -0.25) is 9.59 Å². The summed E-state index contributed by atoms with van der Waals surface area (Å²) in [6.45, 7) is 6.16. The minimum atomic E-state index is -0.617. The molecule has 0 saturated carbocycles. The van der Waals surface area contributed by atoms with Gasteiger partial charge in [-0.2, -0.15) is 0 Å². The van der Waals surface area contributed by atoms with E-state index < -0.39 is 6.04 Å². The second-order valence-electron chi connectivity index (χ2n) is 6.46. The van der Waals surface area contributed by atoms with Crippen LogP contribution in [0.5, 0.6) is 0 Å². The average molecular weight is 372 g/mol. The molecule has 0 bridgehead atoms. The topological polar surface area (TPSA) is 75.4 Å². The quantitative estimate of drug-likeness (QED) is 0.853. The van der Waals surface area contributed by atoms with Crippen molar-refractivity contribution in [1.29, 1.82) is 0 Å². The molecule has 2 atom stereocenters. The van der Waals surface area contributed by atoms with E-state index in [4.69, 9.17) is 28.9 Å². The molecule has 5 nitrogen and oxygen atoms in total. The molecule has 3 N–H and O–H groups in total. The van der Waals surface area contributed by atoms with Crippen molar-refractivity contribution in [2.24, 2.45) is 11.7 Å². The number of carbonyl (C=O) groups is 2. The fourth-order valence-electron chi connectivity index (χ4n) is 2.93. The van der Waals surface area contributed by atoms with Crippen molar-refractivity contribution >= 4 is 35.0 Å². The zero-order valence-electron chi connectivity index (χ0n) is 14.1. The molecule has 1 aromatic carbocycles. The summed E-state index contributed by atoms with van der Waals surface area (Å²) < 4.78 is 0. The molecule has 0 radical (unpaired) electrons. The van der Waals surface area contributed by atoms with Crippen LogP contribution < -0.4 is 11.1 Å². The Kier molecular flexibility index (Phi) is 6.12. The number of halogens is 2. The van der Waals surface area contributed by atoms with E-state index in [1.54, 1.807) is 11.0 Å². The summed E-state index contributed by atoms with van der Waals surface area (Å²) in [6.07, 6.45) is 0.686. The predicted octanol–water partition coefficient (Wildman–Crippen LogP) is 2.54. The lowest BCUT2D eigenvalue weighted by Gasteiger charge is -2.36. The molecule has 1 aliphatic heterocycles. The molecular formula is C17H23Cl2N3O2. The van der Waals surface area contributed by atoms with E-state index in [1.165, 1.54) is 0 Å². The maximum atomic E-state index is 12.5. The number of rotatable bonds is 4. The standard InChI is InChI=1S/C17H23Cl2N3O2/c1-9(2)16(20)17(24)21-8-14(23)22-5-4-11-6-12(18)7-13(19)15(11)10(22)3/h6-7,9-10,16H,4-5,8,20H2,1-3H3,(H,21,24)/t10?,16-/m0/s1. The summed E-state index contributed by atoms with van der Waals surface area (Å²) in [7, 11) is 0. The molecule has 1 aromatic rings. The Hall–Kier alpha value is -1.30. The van der Waals surface area contributed by atoms with Crippen LogP contribution in [0.3, 0.4) is 0 Å². The molecule has 0 saturated heterocycles. The summed E-state index contributed by atoms with van der Waals surface area (Å²) in [5, 5.41) is 3.78. The SMILES string of the molecule is CC(C)[C@H](N)C(=O)NCC(=O)N1CCc2cc(Cl)cc(Cl)c2C1C. The Morgan fingerprint density at radius 3 is 2.67 bits per heavy atom. The van der Waals surface area contributed by atoms with Crippen molar-refractivity contribution < 1.29 is 9.59 Å². The fourth-order valence-corrected chi connectivity index (χ4v) is 3.62. The molecular weight excluding hydrogens is 349 g/mol. The molecule has 1 heterocycles. The average Bonchev–Trinajstić information content (AvgIpc) is 2.50. The van der Waals surface area contributed by atoms with Crippen molar-refractivity contribution in [2.75, 3.05) is 13.1 Å². The summed E-state index contributed by atoms with van der Waals surface area (Å²) in [4.78, 5) is 26.1. The Morgan fingerprint density at radius 1 is 1.38 bits per heavy atom. The summed E-state index contributed by atoms with van der Waals surface area (Å²) in [5.41, 5.74) is 7.77. The highest BCUT2D eigenvalue weighted by atomic mass is 35.5. The third-order valence-corrected chi connectivity index (χ3v) is 4.97. The zero-order chi connectivity index (χ0) is 18.0. The van der Waals surface area contributed by atoms with Crippen molar-refractivity contribution in [3.05, 3.63) is 33.3 Å². The molecule has 2 rings (SSSR count). The molecule has 7 heteroatoms. The number of nitrogens with zero attached hydrogens (tertiary/aromatic N) is 1. The third kappa shape index (κ3) is 4.02. The summed E-state index contributed by atoms with van der Waals surface area (Å²) >= 11 is 12.4. The van der Waals surface area contributed by atoms with Gasteiger partial charge in [-0.05, 0) is 42.5 Å². The molecule has 24 heavy (non-hydrogen) atoms. The molecule has 0 spiro atoms.